The molecule has 0 radical (unpaired) electrons. The van der Waals surface area contributed by atoms with E-state index in [-0.39, 0.29) is 24.8 Å². The van der Waals surface area contributed by atoms with Crippen LogP contribution in [0.4, 0.5) is 4.79 Å². The zero-order valence-electron chi connectivity index (χ0n) is 8.74. The van der Waals surface area contributed by atoms with Gasteiger partial charge in [0.25, 0.3) is 0 Å². The Balaban J connectivity index is 1.66. The number of urea groups is 1. The van der Waals surface area contributed by atoms with Crippen LogP contribution in [0.15, 0.2) is 0 Å². The van der Waals surface area contributed by atoms with Gasteiger partial charge >= 0.3 is 6.03 Å². The molecule has 15 heavy (non-hydrogen) atoms. The number of amides is 2. The Bertz CT molecular complexity index is 235. The minimum atomic E-state index is -0.149. The molecule has 0 saturated carbocycles. The van der Waals surface area contributed by atoms with Crippen molar-refractivity contribution < 1.29 is 14.6 Å². The van der Waals surface area contributed by atoms with Gasteiger partial charge in [-0.25, -0.2) is 4.79 Å². The number of carbonyl (C=O) groups excluding carboxylic acids is 1. The van der Waals surface area contributed by atoms with Gasteiger partial charge in [0.05, 0.1) is 18.2 Å². The van der Waals surface area contributed by atoms with Crippen LogP contribution in [0.25, 0.3) is 0 Å². The molecular weight excluding hydrogens is 196 g/mol. The number of nitrogens with one attached hydrogen (secondary N) is 2. The highest BCUT2D eigenvalue weighted by Crippen LogP contribution is 2.34. The van der Waals surface area contributed by atoms with Crippen molar-refractivity contribution in [2.45, 2.75) is 43.9 Å². The summed E-state index contributed by atoms with van der Waals surface area (Å²) in [6.07, 6.45) is 4.32. The zero-order valence-corrected chi connectivity index (χ0v) is 8.74. The van der Waals surface area contributed by atoms with Crippen LogP contribution < -0.4 is 10.6 Å². The monoisotopic (exact) mass is 214 g/mol. The van der Waals surface area contributed by atoms with Crippen LogP contribution in [0.3, 0.4) is 0 Å². The summed E-state index contributed by atoms with van der Waals surface area (Å²) in [4.78, 5) is 11.4. The zero-order chi connectivity index (χ0) is 10.7. The van der Waals surface area contributed by atoms with E-state index in [9.17, 15) is 4.79 Å². The van der Waals surface area contributed by atoms with Gasteiger partial charge in [-0.05, 0) is 25.7 Å². The smallest absolute Gasteiger partial charge is 0.315 e. The van der Waals surface area contributed by atoms with Crippen molar-refractivity contribution in [3.8, 4) is 0 Å². The fraction of sp³-hybridized carbons (Fsp3) is 0.900. The van der Waals surface area contributed by atoms with Gasteiger partial charge in [0.2, 0.25) is 0 Å². The molecule has 0 aromatic rings. The minimum absolute atomic E-state index is 0.109. The summed E-state index contributed by atoms with van der Waals surface area (Å²) < 4.78 is 5.63. The molecule has 5 heteroatoms. The van der Waals surface area contributed by atoms with E-state index in [1.165, 1.54) is 0 Å². The van der Waals surface area contributed by atoms with E-state index in [0.717, 1.165) is 19.3 Å². The summed E-state index contributed by atoms with van der Waals surface area (Å²) in [5.41, 5.74) is 0. The van der Waals surface area contributed by atoms with Crippen molar-refractivity contribution >= 4 is 6.03 Å². The maximum Gasteiger partial charge on any atom is 0.315 e. The molecule has 2 saturated heterocycles. The first-order chi connectivity index (χ1) is 7.29. The number of ether oxygens (including phenoxy) is 1. The molecular formula is C10H18N2O3. The van der Waals surface area contributed by atoms with E-state index in [1.54, 1.807) is 0 Å². The van der Waals surface area contributed by atoms with Crippen LogP contribution in [-0.2, 0) is 4.74 Å². The van der Waals surface area contributed by atoms with Crippen molar-refractivity contribution in [1.82, 2.24) is 10.6 Å². The number of rotatable bonds is 4. The average Bonchev–Trinajstić information content (AvgIpc) is 2.79. The topological polar surface area (TPSA) is 70.6 Å². The number of carbonyl (C=O) groups is 1. The van der Waals surface area contributed by atoms with Gasteiger partial charge in [-0.15, -0.1) is 0 Å². The second-order valence-corrected chi connectivity index (χ2v) is 4.19. The molecule has 2 rings (SSSR count). The van der Waals surface area contributed by atoms with E-state index in [0.29, 0.717) is 19.1 Å². The van der Waals surface area contributed by atoms with Crippen molar-refractivity contribution in [1.29, 1.82) is 0 Å². The largest absolute Gasteiger partial charge is 0.396 e. The molecule has 3 unspecified atom stereocenters. The maximum atomic E-state index is 11.4. The van der Waals surface area contributed by atoms with Gasteiger partial charge in [0.15, 0.2) is 0 Å². The third-order valence-electron chi connectivity index (χ3n) is 3.04. The van der Waals surface area contributed by atoms with Crippen LogP contribution in [0.5, 0.6) is 0 Å². The van der Waals surface area contributed by atoms with E-state index in [1.807, 2.05) is 0 Å². The van der Waals surface area contributed by atoms with Crippen LogP contribution in [0, 0.1) is 0 Å². The lowest BCUT2D eigenvalue weighted by molar-refractivity contribution is 0.0981. The molecule has 2 aliphatic heterocycles. The molecule has 0 aliphatic carbocycles. The molecule has 5 nitrogen and oxygen atoms in total. The van der Waals surface area contributed by atoms with Crippen molar-refractivity contribution in [2.75, 3.05) is 13.2 Å². The van der Waals surface area contributed by atoms with Crippen LogP contribution in [0.1, 0.15) is 25.7 Å². The van der Waals surface area contributed by atoms with E-state index in [2.05, 4.69) is 10.6 Å². The Morgan fingerprint density at radius 3 is 2.93 bits per heavy atom. The number of hydrogen-bond donors (Lipinski definition) is 3. The summed E-state index contributed by atoms with van der Waals surface area (Å²) in [7, 11) is 0. The first kappa shape index (κ1) is 10.7. The molecule has 0 aromatic carbocycles. The third-order valence-corrected chi connectivity index (χ3v) is 3.04. The predicted molar refractivity (Wildman–Crippen MR) is 54.5 cm³/mol. The molecule has 0 aromatic heterocycles. The van der Waals surface area contributed by atoms with Crippen LogP contribution >= 0.6 is 0 Å². The molecule has 2 amide bonds. The lowest BCUT2D eigenvalue weighted by Gasteiger charge is -2.20. The predicted octanol–water partition coefficient (Wildman–Crippen LogP) is -0.0121. The number of aliphatic hydroxyl groups excluding tert-OH is 1. The summed E-state index contributed by atoms with van der Waals surface area (Å²) in [5.74, 6) is 0. The van der Waals surface area contributed by atoms with Gasteiger partial charge in [0, 0.05) is 13.2 Å². The van der Waals surface area contributed by atoms with Gasteiger partial charge in [-0.3, -0.25) is 0 Å². The van der Waals surface area contributed by atoms with Crippen molar-refractivity contribution in [2.24, 2.45) is 0 Å². The van der Waals surface area contributed by atoms with Crippen LogP contribution in [0.2, 0.25) is 0 Å². The summed E-state index contributed by atoms with van der Waals surface area (Å²) in [5, 5.41) is 14.2. The fourth-order valence-corrected chi connectivity index (χ4v) is 2.29. The maximum absolute atomic E-state index is 11.4. The van der Waals surface area contributed by atoms with Gasteiger partial charge in [-0.2, -0.15) is 0 Å². The highest BCUT2D eigenvalue weighted by atomic mass is 16.5. The quantitative estimate of drug-likeness (QED) is 0.576. The fourth-order valence-electron chi connectivity index (χ4n) is 2.29. The Kier molecular flexibility index (Phi) is 3.43. The Labute approximate surface area is 89.2 Å². The standard InChI is InChI=1S/C10H18N2O3/c13-5-1-4-11-10(14)12-8-6-7-2-3-9(8)15-7/h7-9,13H,1-6H2,(H2,11,12,14). The van der Waals surface area contributed by atoms with Gasteiger partial charge in [0.1, 0.15) is 0 Å². The summed E-state index contributed by atoms with van der Waals surface area (Å²) >= 11 is 0. The highest BCUT2D eigenvalue weighted by molar-refractivity contribution is 5.74. The van der Waals surface area contributed by atoms with Gasteiger partial charge < -0.3 is 20.5 Å². The molecule has 2 fully saturated rings. The Hall–Kier alpha value is -0.810. The van der Waals surface area contributed by atoms with E-state index < -0.39 is 0 Å². The molecule has 2 bridgehead atoms. The lowest BCUT2D eigenvalue weighted by Crippen LogP contribution is -2.46. The Morgan fingerprint density at radius 1 is 1.47 bits per heavy atom. The van der Waals surface area contributed by atoms with E-state index in [4.69, 9.17) is 9.84 Å². The number of hydrogen-bond acceptors (Lipinski definition) is 3. The van der Waals surface area contributed by atoms with E-state index >= 15 is 0 Å². The molecule has 0 spiro atoms. The molecule has 86 valence electrons. The normalized spacial score (nSPS) is 33.0. The molecule has 2 aliphatic rings. The van der Waals surface area contributed by atoms with Crippen molar-refractivity contribution in [3.63, 3.8) is 0 Å². The number of fused-ring (bicyclic) bond motifs is 2. The molecule has 3 atom stereocenters. The SMILES string of the molecule is O=C(NCCCO)NC1CC2CCC1O2. The molecule has 2 heterocycles. The average molecular weight is 214 g/mol. The highest BCUT2D eigenvalue weighted by Gasteiger charge is 2.41. The van der Waals surface area contributed by atoms with Gasteiger partial charge in [-0.1, -0.05) is 0 Å². The first-order valence-electron chi connectivity index (χ1n) is 5.60. The van der Waals surface area contributed by atoms with Crippen LogP contribution in [-0.4, -0.2) is 42.5 Å². The first-order valence-corrected chi connectivity index (χ1v) is 5.60. The summed E-state index contributed by atoms with van der Waals surface area (Å²) in [6.45, 7) is 0.627. The lowest BCUT2D eigenvalue weighted by atomic mass is 9.96. The minimum Gasteiger partial charge on any atom is -0.396 e. The second-order valence-electron chi connectivity index (χ2n) is 4.19. The number of aliphatic hydroxyl groups is 1. The second kappa shape index (κ2) is 4.81. The third kappa shape index (κ3) is 2.60. The Morgan fingerprint density at radius 2 is 2.33 bits per heavy atom. The van der Waals surface area contributed by atoms with Crippen molar-refractivity contribution in [3.05, 3.63) is 0 Å². The molecule has 3 N–H and O–H groups in total. The summed E-state index contributed by atoms with van der Waals surface area (Å²) in [6, 6.07) is 0.0301.